The van der Waals surface area contributed by atoms with Crippen LogP contribution in [0.5, 0.6) is 5.75 Å². The Labute approximate surface area is 233 Å². The zero-order valence-corrected chi connectivity index (χ0v) is 23.9. The van der Waals surface area contributed by atoms with Crippen LogP contribution in [0.25, 0.3) is 0 Å². The lowest BCUT2D eigenvalue weighted by molar-refractivity contribution is -0.142. The predicted octanol–water partition coefficient (Wildman–Crippen LogP) is 6.46. The second-order valence-electron chi connectivity index (χ2n) is 9.40. The first-order chi connectivity index (χ1) is 17.8. The lowest BCUT2D eigenvalue weighted by Gasteiger charge is -2.31. The molecule has 37 heavy (non-hydrogen) atoms. The number of halogens is 2. The van der Waals surface area contributed by atoms with E-state index in [2.05, 4.69) is 28.2 Å². The molecule has 0 fully saturated rings. The van der Waals surface area contributed by atoms with Crippen LogP contribution >= 0.6 is 27.5 Å². The zero-order valence-electron chi connectivity index (χ0n) is 21.5. The van der Waals surface area contributed by atoms with E-state index in [1.807, 2.05) is 74.5 Å². The number of carbonyl (C=O) groups excluding carboxylic acids is 2. The molecule has 7 heteroatoms. The molecule has 1 N–H and O–H groups in total. The number of ether oxygens (including phenoxy) is 1. The van der Waals surface area contributed by atoms with Crippen molar-refractivity contribution in [3.8, 4) is 5.75 Å². The van der Waals surface area contributed by atoms with Gasteiger partial charge in [-0.1, -0.05) is 80.9 Å². The van der Waals surface area contributed by atoms with Gasteiger partial charge in [0.05, 0.1) is 4.47 Å². The SMILES string of the molecule is CCc1ccc(OCC(=O)N(Cc2ccc(Cl)cc2)[C@H](Cc2ccccc2)C(=O)NCC(C)C)c(Br)c1. The lowest BCUT2D eigenvalue weighted by atomic mass is 10.0. The zero-order chi connectivity index (χ0) is 26.8. The molecule has 2 amide bonds. The van der Waals surface area contributed by atoms with E-state index in [1.54, 1.807) is 17.0 Å². The molecule has 0 aliphatic heterocycles. The highest BCUT2D eigenvalue weighted by atomic mass is 79.9. The molecule has 0 bridgehead atoms. The summed E-state index contributed by atoms with van der Waals surface area (Å²) in [4.78, 5) is 28.8. The summed E-state index contributed by atoms with van der Waals surface area (Å²) in [7, 11) is 0. The van der Waals surface area contributed by atoms with Gasteiger partial charge >= 0.3 is 0 Å². The number of nitrogens with zero attached hydrogens (tertiary/aromatic N) is 1. The fraction of sp³-hybridized carbons (Fsp3) is 0.333. The fourth-order valence-electron chi connectivity index (χ4n) is 3.87. The van der Waals surface area contributed by atoms with Gasteiger partial charge in [0.2, 0.25) is 5.91 Å². The monoisotopic (exact) mass is 584 g/mol. The molecule has 0 aliphatic rings. The van der Waals surface area contributed by atoms with Crippen LogP contribution in [0, 0.1) is 5.92 Å². The number of benzene rings is 3. The van der Waals surface area contributed by atoms with Crippen LogP contribution in [0.3, 0.4) is 0 Å². The topological polar surface area (TPSA) is 58.6 Å². The Bertz CT molecular complexity index is 1170. The quantitative estimate of drug-likeness (QED) is 0.266. The van der Waals surface area contributed by atoms with Gasteiger partial charge in [-0.3, -0.25) is 9.59 Å². The van der Waals surface area contributed by atoms with Gasteiger partial charge in [-0.2, -0.15) is 0 Å². The van der Waals surface area contributed by atoms with E-state index in [1.165, 1.54) is 5.56 Å². The number of amides is 2. The van der Waals surface area contributed by atoms with Crippen LogP contribution in [-0.2, 0) is 29.0 Å². The molecule has 196 valence electrons. The number of nitrogens with one attached hydrogen (secondary N) is 1. The second-order valence-corrected chi connectivity index (χ2v) is 10.7. The molecule has 0 radical (unpaired) electrons. The van der Waals surface area contributed by atoms with E-state index in [0.717, 1.165) is 22.0 Å². The van der Waals surface area contributed by atoms with E-state index in [0.29, 0.717) is 23.7 Å². The molecule has 0 unspecified atom stereocenters. The first-order valence-corrected chi connectivity index (χ1v) is 13.7. The van der Waals surface area contributed by atoms with Gasteiger partial charge in [0.1, 0.15) is 11.8 Å². The van der Waals surface area contributed by atoms with Gasteiger partial charge < -0.3 is 15.0 Å². The van der Waals surface area contributed by atoms with E-state index >= 15 is 0 Å². The van der Waals surface area contributed by atoms with Gasteiger partial charge in [0.15, 0.2) is 6.61 Å². The largest absolute Gasteiger partial charge is 0.483 e. The van der Waals surface area contributed by atoms with Crippen molar-refractivity contribution >= 4 is 39.3 Å². The maximum Gasteiger partial charge on any atom is 0.261 e. The van der Waals surface area contributed by atoms with Crippen molar-refractivity contribution in [1.82, 2.24) is 10.2 Å². The van der Waals surface area contributed by atoms with E-state index in [4.69, 9.17) is 16.3 Å². The summed E-state index contributed by atoms with van der Waals surface area (Å²) in [6, 6.07) is 22.2. The van der Waals surface area contributed by atoms with Crippen molar-refractivity contribution in [1.29, 1.82) is 0 Å². The number of aryl methyl sites for hydroxylation is 1. The third-order valence-electron chi connectivity index (χ3n) is 5.98. The number of rotatable bonds is 12. The minimum Gasteiger partial charge on any atom is -0.483 e. The molecule has 3 aromatic rings. The first kappa shape index (κ1) is 28.7. The summed E-state index contributed by atoms with van der Waals surface area (Å²) in [5.41, 5.74) is 3.01. The highest BCUT2D eigenvalue weighted by Crippen LogP contribution is 2.26. The molecule has 0 saturated heterocycles. The second kappa shape index (κ2) is 14.2. The van der Waals surface area contributed by atoms with Crippen LogP contribution < -0.4 is 10.1 Å². The van der Waals surface area contributed by atoms with E-state index in [-0.39, 0.29) is 30.9 Å². The number of hydrogen-bond donors (Lipinski definition) is 1. The van der Waals surface area contributed by atoms with E-state index < -0.39 is 6.04 Å². The summed E-state index contributed by atoms with van der Waals surface area (Å²) >= 11 is 9.63. The molecule has 0 spiro atoms. The Morgan fingerprint density at radius 3 is 2.27 bits per heavy atom. The van der Waals surface area contributed by atoms with Gasteiger partial charge in [-0.05, 0) is 69.2 Å². The average molecular weight is 586 g/mol. The molecular weight excluding hydrogens is 552 g/mol. The average Bonchev–Trinajstić information content (AvgIpc) is 2.90. The highest BCUT2D eigenvalue weighted by Gasteiger charge is 2.30. The Morgan fingerprint density at radius 2 is 1.65 bits per heavy atom. The first-order valence-electron chi connectivity index (χ1n) is 12.5. The summed E-state index contributed by atoms with van der Waals surface area (Å²) in [5, 5.41) is 3.64. The molecule has 0 aromatic heterocycles. The fourth-order valence-corrected chi connectivity index (χ4v) is 4.53. The van der Waals surface area contributed by atoms with Crippen molar-refractivity contribution in [2.45, 2.75) is 46.2 Å². The maximum absolute atomic E-state index is 13.7. The molecular formula is C30H34BrClN2O3. The molecule has 0 heterocycles. The minimum atomic E-state index is -0.709. The van der Waals surface area contributed by atoms with Gasteiger partial charge in [0, 0.05) is 24.5 Å². The van der Waals surface area contributed by atoms with Gasteiger partial charge in [-0.25, -0.2) is 0 Å². The van der Waals surface area contributed by atoms with Gasteiger partial charge in [-0.15, -0.1) is 0 Å². The molecule has 3 aromatic carbocycles. The molecule has 1 atom stereocenters. The maximum atomic E-state index is 13.7. The summed E-state index contributed by atoms with van der Waals surface area (Å²) in [6.07, 6.45) is 1.29. The van der Waals surface area contributed by atoms with Crippen molar-refractivity contribution in [3.63, 3.8) is 0 Å². The Kier molecular flexibility index (Phi) is 11.0. The van der Waals surface area contributed by atoms with Crippen molar-refractivity contribution < 1.29 is 14.3 Å². The number of hydrogen-bond acceptors (Lipinski definition) is 3. The summed E-state index contributed by atoms with van der Waals surface area (Å²) < 4.78 is 6.71. The van der Waals surface area contributed by atoms with Crippen LogP contribution in [-0.4, -0.2) is 35.9 Å². The van der Waals surface area contributed by atoms with Crippen LogP contribution in [0.2, 0.25) is 5.02 Å². The van der Waals surface area contributed by atoms with E-state index in [9.17, 15) is 9.59 Å². The van der Waals surface area contributed by atoms with Crippen molar-refractivity contribution in [3.05, 3.63) is 99.0 Å². The van der Waals surface area contributed by atoms with Crippen molar-refractivity contribution in [2.75, 3.05) is 13.2 Å². The Morgan fingerprint density at radius 1 is 0.973 bits per heavy atom. The molecule has 0 aliphatic carbocycles. The standard InChI is InChI=1S/C30H34BrClN2O3/c1-4-22-12-15-28(26(31)16-22)37-20-29(35)34(19-24-10-13-25(32)14-11-24)27(30(36)33-18-21(2)3)17-23-8-6-5-7-9-23/h5-16,21,27H,4,17-20H2,1-3H3,(H,33,36)/t27-/m1/s1. The summed E-state index contributed by atoms with van der Waals surface area (Å²) in [6.45, 7) is 6.75. The third kappa shape index (κ3) is 8.90. The number of carbonyl (C=O) groups is 2. The molecule has 0 saturated carbocycles. The highest BCUT2D eigenvalue weighted by molar-refractivity contribution is 9.10. The lowest BCUT2D eigenvalue weighted by Crippen LogP contribution is -2.52. The summed E-state index contributed by atoms with van der Waals surface area (Å²) in [5.74, 6) is 0.407. The Balaban J connectivity index is 1.89. The predicted molar refractivity (Wildman–Crippen MR) is 153 cm³/mol. The van der Waals surface area contributed by atoms with Crippen LogP contribution in [0.4, 0.5) is 0 Å². The molecule has 5 nitrogen and oxygen atoms in total. The van der Waals surface area contributed by atoms with Crippen LogP contribution in [0.1, 0.15) is 37.5 Å². The smallest absolute Gasteiger partial charge is 0.261 e. The Hall–Kier alpha value is -2.83. The van der Waals surface area contributed by atoms with Gasteiger partial charge in [0.25, 0.3) is 5.91 Å². The van der Waals surface area contributed by atoms with Crippen LogP contribution in [0.15, 0.2) is 77.3 Å². The van der Waals surface area contributed by atoms with Crippen molar-refractivity contribution in [2.24, 2.45) is 5.92 Å². The minimum absolute atomic E-state index is 0.187. The third-order valence-corrected chi connectivity index (χ3v) is 6.85. The normalized spacial score (nSPS) is 11.7. The molecule has 3 rings (SSSR count).